The molecule has 0 unspecified atom stereocenters. The molecule has 0 amide bonds. The van der Waals surface area contributed by atoms with Crippen molar-refractivity contribution >= 4 is 11.8 Å². The molecule has 0 radical (unpaired) electrons. The molecule has 19 heavy (non-hydrogen) atoms. The van der Waals surface area contributed by atoms with Crippen LogP contribution >= 0.6 is 11.8 Å². The highest BCUT2D eigenvalue weighted by Gasteiger charge is 2.12. The molecule has 2 heterocycles. The first-order chi connectivity index (χ1) is 9.06. The first kappa shape index (κ1) is 14.0. The van der Waals surface area contributed by atoms with Crippen molar-refractivity contribution in [3.8, 4) is 0 Å². The Morgan fingerprint density at radius 2 is 2.11 bits per heavy atom. The summed E-state index contributed by atoms with van der Waals surface area (Å²) < 4.78 is 7.23. The smallest absolute Gasteiger partial charge is 0.226 e. The molecule has 0 fully saturated rings. The standard InChI is InChI=1S/C12H19N5OS/c1-8(2)5-11-14-10(16-18-11)6-19-12-15-13-7-17(12)9(3)4/h7-9H,5-6H2,1-4H3. The number of rotatable bonds is 6. The Morgan fingerprint density at radius 1 is 1.32 bits per heavy atom. The van der Waals surface area contributed by atoms with E-state index in [2.05, 4.69) is 48.0 Å². The Kier molecular flexibility index (Phi) is 4.57. The van der Waals surface area contributed by atoms with Gasteiger partial charge in [0.15, 0.2) is 11.0 Å². The lowest BCUT2D eigenvalue weighted by Crippen LogP contribution is -2.01. The van der Waals surface area contributed by atoms with Gasteiger partial charge in [-0.15, -0.1) is 10.2 Å². The summed E-state index contributed by atoms with van der Waals surface area (Å²) in [5.41, 5.74) is 0. The van der Waals surface area contributed by atoms with Crippen LogP contribution in [0.3, 0.4) is 0 Å². The maximum absolute atomic E-state index is 5.21. The largest absolute Gasteiger partial charge is 0.339 e. The SMILES string of the molecule is CC(C)Cc1nc(CSc2nncn2C(C)C)no1. The van der Waals surface area contributed by atoms with Crippen LogP contribution in [0, 0.1) is 5.92 Å². The van der Waals surface area contributed by atoms with E-state index in [9.17, 15) is 0 Å². The van der Waals surface area contributed by atoms with Gasteiger partial charge in [-0.2, -0.15) is 4.98 Å². The van der Waals surface area contributed by atoms with Crippen LogP contribution in [0.15, 0.2) is 16.0 Å². The fourth-order valence-corrected chi connectivity index (χ4v) is 2.49. The van der Waals surface area contributed by atoms with Crippen molar-refractivity contribution in [3.05, 3.63) is 18.0 Å². The van der Waals surface area contributed by atoms with Crippen molar-refractivity contribution in [1.29, 1.82) is 0 Å². The second-order valence-corrected chi connectivity index (χ2v) is 6.05. The monoisotopic (exact) mass is 281 g/mol. The number of hydrogen-bond acceptors (Lipinski definition) is 6. The molecule has 2 aromatic rings. The highest BCUT2D eigenvalue weighted by molar-refractivity contribution is 7.98. The van der Waals surface area contributed by atoms with Gasteiger partial charge < -0.3 is 9.09 Å². The van der Waals surface area contributed by atoms with Gasteiger partial charge >= 0.3 is 0 Å². The fourth-order valence-electron chi connectivity index (χ4n) is 1.60. The first-order valence-corrected chi connectivity index (χ1v) is 7.38. The lowest BCUT2D eigenvalue weighted by atomic mass is 10.1. The van der Waals surface area contributed by atoms with E-state index in [1.807, 2.05) is 4.57 Å². The van der Waals surface area contributed by atoms with Crippen LogP contribution in [0.4, 0.5) is 0 Å². The molecule has 0 aliphatic carbocycles. The third kappa shape index (κ3) is 3.79. The van der Waals surface area contributed by atoms with Gasteiger partial charge in [0.2, 0.25) is 5.89 Å². The summed E-state index contributed by atoms with van der Waals surface area (Å²) in [7, 11) is 0. The second-order valence-electron chi connectivity index (χ2n) is 5.11. The molecule has 104 valence electrons. The number of nitrogens with zero attached hydrogens (tertiary/aromatic N) is 5. The molecule has 0 saturated carbocycles. The third-order valence-corrected chi connectivity index (χ3v) is 3.47. The van der Waals surface area contributed by atoms with Crippen LogP contribution in [-0.4, -0.2) is 24.9 Å². The van der Waals surface area contributed by atoms with Crippen molar-refractivity contribution in [2.24, 2.45) is 5.92 Å². The predicted molar refractivity (Wildman–Crippen MR) is 72.8 cm³/mol. The number of aromatic nitrogens is 5. The molecule has 0 saturated heterocycles. The quantitative estimate of drug-likeness (QED) is 0.758. The summed E-state index contributed by atoms with van der Waals surface area (Å²) in [6, 6.07) is 0.347. The average molecular weight is 281 g/mol. The molecule has 6 nitrogen and oxygen atoms in total. The third-order valence-electron chi connectivity index (χ3n) is 2.52. The summed E-state index contributed by atoms with van der Waals surface area (Å²) in [6.45, 7) is 8.46. The molecule has 0 aromatic carbocycles. The number of thioether (sulfide) groups is 1. The number of hydrogen-bond donors (Lipinski definition) is 0. The van der Waals surface area contributed by atoms with Gasteiger partial charge in [0, 0.05) is 12.5 Å². The maximum atomic E-state index is 5.21. The van der Waals surface area contributed by atoms with E-state index in [0.717, 1.165) is 11.6 Å². The van der Waals surface area contributed by atoms with E-state index < -0.39 is 0 Å². The van der Waals surface area contributed by atoms with Crippen LogP contribution in [0.25, 0.3) is 0 Å². The van der Waals surface area contributed by atoms with Crippen molar-refractivity contribution in [2.75, 3.05) is 0 Å². The molecule has 7 heteroatoms. The normalized spacial score (nSPS) is 11.7. The van der Waals surface area contributed by atoms with Crippen LogP contribution in [0.5, 0.6) is 0 Å². The molecule has 0 N–H and O–H groups in total. The molecule has 2 rings (SSSR count). The van der Waals surface area contributed by atoms with Crippen molar-refractivity contribution in [1.82, 2.24) is 24.9 Å². The summed E-state index contributed by atoms with van der Waals surface area (Å²) in [5.74, 6) is 2.58. The van der Waals surface area contributed by atoms with E-state index in [0.29, 0.717) is 29.4 Å². The summed E-state index contributed by atoms with van der Waals surface area (Å²) in [4.78, 5) is 4.37. The Morgan fingerprint density at radius 3 is 2.79 bits per heavy atom. The average Bonchev–Trinajstić information content (AvgIpc) is 2.93. The minimum Gasteiger partial charge on any atom is -0.339 e. The highest BCUT2D eigenvalue weighted by Crippen LogP contribution is 2.22. The molecule has 0 spiro atoms. The van der Waals surface area contributed by atoms with E-state index >= 15 is 0 Å². The topological polar surface area (TPSA) is 69.6 Å². The predicted octanol–water partition coefficient (Wildman–Crippen LogP) is 2.73. The van der Waals surface area contributed by atoms with Gasteiger partial charge in [0.1, 0.15) is 6.33 Å². The molecule has 0 atom stereocenters. The van der Waals surface area contributed by atoms with Gasteiger partial charge in [-0.25, -0.2) is 0 Å². The Hall–Kier alpha value is -1.37. The zero-order valence-electron chi connectivity index (χ0n) is 11.7. The van der Waals surface area contributed by atoms with E-state index in [4.69, 9.17) is 4.52 Å². The van der Waals surface area contributed by atoms with Gasteiger partial charge in [-0.3, -0.25) is 0 Å². The van der Waals surface area contributed by atoms with Gasteiger partial charge in [0.25, 0.3) is 0 Å². The molecular formula is C12H19N5OS. The van der Waals surface area contributed by atoms with Crippen LogP contribution in [-0.2, 0) is 12.2 Å². The van der Waals surface area contributed by atoms with Crippen molar-refractivity contribution in [2.45, 2.75) is 51.1 Å². The minimum atomic E-state index is 0.347. The Balaban J connectivity index is 1.95. The Bertz CT molecular complexity index is 520. The molecular weight excluding hydrogens is 262 g/mol. The highest BCUT2D eigenvalue weighted by atomic mass is 32.2. The van der Waals surface area contributed by atoms with Crippen LogP contribution in [0.1, 0.15) is 45.5 Å². The molecule has 0 bridgehead atoms. The van der Waals surface area contributed by atoms with E-state index in [1.165, 1.54) is 0 Å². The molecule has 2 aromatic heterocycles. The van der Waals surface area contributed by atoms with Crippen molar-refractivity contribution < 1.29 is 4.52 Å². The minimum absolute atomic E-state index is 0.347. The van der Waals surface area contributed by atoms with Crippen LogP contribution < -0.4 is 0 Å². The van der Waals surface area contributed by atoms with E-state index in [1.54, 1.807) is 18.1 Å². The second kappa shape index (κ2) is 6.18. The summed E-state index contributed by atoms with van der Waals surface area (Å²) in [5, 5.41) is 12.9. The fraction of sp³-hybridized carbons (Fsp3) is 0.667. The van der Waals surface area contributed by atoms with Crippen LogP contribution in [0.2, 0.25) is 0 Å². The van der Waals surface area contributed by atoms with Gasteiger partial charge in [-0.1, -0.05) is 30.8 Å². The lowest BCUT2D eigenvalue weighted by molar-refractivity contribution is 0.360. The Labute approximate surface area is 117 Å². The van der Waals surface area contributed by atoms with Gasteiger partial charge in [0.05, 0.1) is 5.75 Å². The summed E-state index contributed by atoms with van der Waals surface area (Å²) >= 11 is 1.57. The molecule has 0 aliphatic rings. The van der Waals surface area contributed by atoms with E-state index in [-0.39, 0.29) is 0 Å². The van der Waals surface area contributed by atoms with Gasteiger partial charge in [-0.05, 0) is 19.8 Å². The first-order valence-electron chi connectivity index (χ1n) is 6.40. The van der Waals surface area contributed by atoms with Crippen molar-refractivity contribution in [3.63, 3.8) is 0 Å². The summed E-state index contributed by atoms with van der Waals surface area (Å²) in [6.07, 6.45) is 2.56. The lowest BCUT2D eigenvalue weighted by Gasteiger charge is -2.08. The zero-order chi connectivity index (χ0) is 13.8. The zero-order valence-corrected chi connectivity index (χ0v) is 12.5. The maximum Gasteiger partial charge on any atom is 0.226 e. The molecule has 0 aliphatic heterocycles.